The van der Waals surface area contributed by atoms with Crippen molar-refractivity contribution in [2.45, 2.75) is 12.8 Å². The molecule has 0 spiro atoms. The molecule has 0 N–H and O–H groups in total. The normalized spacial score (nSPS) is 9.80. The first kappa shape index (κ1) is 12.0. The van der Waals surface area contributed by atoms with Crippen molar-refractivity contribution in [3.05, 3.63) is 22.2 Å². The molecule has 0 atom stereocenters. The van der Waals surface area contributed by atoms with E-state index in [1.54, 1.807) is 14.2 Å². The molecule has 82 valence electrons. The van der Waals surface area contributed by atoms with Crippen molar-refractivity contribution in [2.75, 3.05) is 14.2 Å². The monoisotopic (exact) mass is 272 g/mol. The van der Waals surface area contributed by atoms with Crippen molar-refractivity contribution < 1.29 is 14.3 Å². The molecule has 1 aromatic rings. The number of aldehydes is 1. The predicted molar refractivity (Wildman–Crippen MR) is 61.6 cm³/mol. The number of carbonyl (C=O) groups is 1. The summed E-state index contributed by atoms with van der Waals surface area (Å²) >= 11 is 3.44. The van der Waals surface area contributed by atoms with Crippen molar-refractivity contribution in [1.29, 1.82) is 0 Å². The van der Waals surface area contributed by atoms with E-state index in [-0.39, 0.29) is 0 Å². The van der Waals surface area contributed by atoms with Crippen LogP contribution in [0.15, 0.2) is 16.6 Å². The van der Waals surface area contributed by atoms with E-state index in [2.05, 4.69) is 15.9 Å². The van der Waals surface area contributed by atoms with Gasteiger partial charge in [0.2, 0.25) is 0 Å². The SMILES string of the molecule is COc1ccc(CCC=O)c(Br)c1OC. The molecule has 0 saturated heterocycles. The zero-order chi connectivity index (χ0) is 11.3. The maximum Gasteiger partial charge on any atom is 0.175 e. The summed E-state index contributed by atoms with van der Waals surface area (Å²) in [7, 11) is 3.18. The van der Waals surface area contributed by atoms with Crippen LogP contribution in [-0.4, -0.2) is 20.5 Å². The maximum absolute atomic E-state index is 10.3. The van der Waals surface area contributed by atoms with Gasteiger partial charge in [-0.15, -0.1) is 0 Å². The van der Waals surface area contributed by atoms with E-state index in [0.717, 1.165) is 16.3 Å². The molecule has 0 aliphatic carbocycles. The Kier molecular flexibility index (Phi) is 4.62. The summed E-state index contributed by atoms with van der Waals surface area (Å²) in [5.41, 5.74) is 1.04. The molecule has 1 rings (SSSR count). The molecule has 0 fully saturated rings. The van der Waals surface area contributed by atoms with Crippen LogP contribution in [0.1, 0.15) is 12.0 Å². The fraction of sp³-hybridized carbons (Fsp3) is 0.364. The van der Waals surface area contributed by atoms with Gasteiger partial charge in [-0.3, -0.25) is 0 Å². The summed E-state index contributed by atoms with van der Waals surface area (Å²) in [6.07, 6.45) is 2.11. The molecule has 0 heterocycles. The van der Waals surface area contributed by atoms with Crippen LogP contribution in [0.2, 0.25) is 0 Å². The van der Waals surface area contributed by atoms with E-state index >= 15 is 0 Å². The quantitative estimate of drug-likeness (QED) is 0.773. The van der Waals surface area contributed by atoms with E-state index in [1.807, 2.05) is 12.1 Å². The highest BCUT2D eigenvalue weighted by molar-refractivity contribution is 9.10. The van der Waals surface area contributed by atoms with Gasteiger partial charge in [-0.05, 0) is 34.0 Å². The van der Waals surface area contributed by atoms with Gasteiger partial charge >= 0.3 is 0 Å². The molecule has 3 nitrogen and oxygen atoms in total. The number of hydrogen-bond acceptors (Lipinski definition) is 3. The van der Waals surface area contributed by atoms with Gasteiger partial charge in [-0.25, -0.2) is 0 Å². The number of benzene rings is 1. The molecule has 15 heavy (non-hydrogen) atoms. The van der Waals surface area contributed by atoms with Gasteiger partial charge < -0.3 is 14.3 Å². The molecule has 1 aromatic carbocycles. The van der Waals surface area contributed by atoms with Gasteiger partial charge in [0.15, 0.2) is 11.5 Å². The summed E-state index contributed by atoms with van der Waals surface area (Å²) in [5, 5.41) is 0. The lowest BCUT2D eigenvalue weighted by Crippen LogP contribution is -1.95. The Morgan fingerprint density at radius 2 is 2.07 bits per heavy atom. The number of aryl methyl sites for hydroxylation is 1. The molecule has 0 aliphatic rings. The lowest BCUT2D eigenvalue weighted by Gasteiger charge is -2.12. The summed E-state index contributed by atoms with van der Waals surface area (Å²) in [5.74, 6) is 1.35. The second kappa shape index (κ2) is 5.75. The molecule has 0 aliphatic heterocycles. The first-order valence-electron chi connectivity index (χ1n) is 4.57. The predicted octanol–water partition coefficient (Wildman–Crippen LogP) is 2.60. The van der Waals surface area contributed by atoms with Gasteiger partial charge in [0.25, 0.3) is 0 Å². The number of rotatable bonds is 5. The number of hydrogen-bond donors (Lipinski definition) is 0. The first-order chi connectivity index (χ1) is 7.24. The standard InChI is InChI=1S/C11H13BrO3/c1-14-9-6-5-8(4-3-7-13)10(12)11(9)15-2/h5-7H,3-4H2,1-2H3. The van der Waals surface area contributed by atoms with Crippen LogP contribution < -0.4 is 9.47 Å². The third kappa shape index (κ3) is 2.72. The van der Waals surface area contributed by atoms with Crippen LogP contribution in [0.25, 0.3) is 0 Å². The molecule has 0 aromatic heterocycles. The molecular weight excluding hydrogens is 260 g/mol. The Hall–Kier alpha value is -1.03. The number of methoxy groups -OCH3 is 2. The first-order valence-corrected chi connectivity index (χ1v) is 5.36. The molecular formula is C11H13BrO3. The fourth-order valence-corrected chi connectivity index (χ4v) is 2.03. The molecule has 0 amide bonds. The zero-order valence-corrected chi connectivity index (χ0v) is 10.3. The summed E-state index contributed by atoms with van der Waals surface area (Å²) in [6, 6.07) is 3.76. The van der Waals surface area contributed by atoms with Crippen molar-refractivity contribution in [1.82, 2.24) is 0 Å². The van der Waals surface area contributed by atoms with E-state index in [1.165, 1.54) is 0 Å². The van der Waals surface area contributed by atoms with Crippen LogP contribution in [0.5, 0.6) is 11.5 Å². The summed E-state index contributed by atoms with van der Waals surface area (Å²) < 4.78 is 11.2. The van der Waals surface area contributed by atoms with Gasteiger partial charge in [0.1, 0.15) is 6.29 Å². The third-order valence-electron chi connectivity index (χ3n) is 2.10. The number of ether oxygens (including phenoxy) is 2. The number of halogens is 1. The van der Waals surface area contributed by atoms with Crippen LogP contribution in [0.3, 0.4) is 0 Å². The average Bonchev–Trinajstić information content (AvgIpc) is 2.27. The zero-order valence-electron chi connectivity index (χ0n) is 8.75. The third-order valence-corrected chi connectivity index (χ3v) is 2.97. The van der Waals surface area contributed by atoms with Gasteiger partial charge in [0, 0.05) is 6.42 Å². The van der Waals surface area contributed by atoms with E-state index in [9.17, 15) is 4.79 Å². The summed E-state index contributed by atoms with van der Waals surface area (Å²) in [4.78, 5) is 10.3. The molecule has 0 bridgehead atoms. The molecule has 4 heteroatoms. The number of carbonyl (C=O) groups excluding carboxylic acids is 1. The largest absolute Gasteiger partial charge is 0.493 e. The minimum atomic E-state index is 0.508. The summed E-state index contributed by atoms with van der Waals surface area (Å²) in [6.45, 7) is 0. The highest BCUT2D eigenvalue weighted by atomic mass is 79.9. The molecule has 0 unspecified atom stereocenters. The highest BCUT2D eigenvalue weighted by Gasteiger charge is 2.11. The molecule has 0 saturated carbocycles. The second-order valence-electron chi connectivity index (χ2n) is 2.98. The van der Waals surface area contributed by atoms with E-state index < -0.39 is 0 Å². The van der Waals surface area contributed by atoms with Gasteiger partial charge in [0.05, 0.1) is 18.7 Å². The highest BCUT2D eigenvalue weighted by Crippen LogP contribution is 2.37. The van der Waals surface area contributed by atoms with Crippen LogP contribution in [0, 0.1) is 0 Å². The van der Waals surface area contributed by atoms with Crippen LogP contribution >= 0.6 is 15.9 Å². The Labute approximate surface area is 97.5 Å². The van der Waals surface area contributed by atoms with Crippen LogP contribution in [0.4, 0.5) is 0 Å². The van der Waals surface area contributed by atoms with Gasteiger partial charge in [-0.2, -0.15) is 0 Å². The Morgan fingerprint density at radius 1 is 1.33 bits per heavy atom. The fourth-order valence-electron chi connectivity index (χ4n) is 1.34. The van der Waals surface area contributed by atoms with Crippen molar-refractivity contribution in [3.8, 4) is 11.5 Å². The topological polar surface area (TPSA) is 35.5 Å². The minimum Gasteiger partial charge on any atom is -0.493 e. The van der Waals surface area contributed by atoms with Crippen molar-refractivity contribution in [3.63, 3.8) is 0 Å². The minimum absolute atomic E-state index is 0.508. The van der Waals surface area contributed by atoms with Crippen molar-refractivity contribution >= 4 is 22.2 Å². The van der Waals surface area contributed by atoms with Crippen molar-refractivity contribution in [2.24, 2.45) is 0 Å². The maximum atomic E-state index is 10.3. The smallest absolute Gasteiger partial charge is 0.175 e. The molecule has 0 radical (unpaired) electrons. The van der Waals surface area contributed by atoms with Gasteiger partial charge in [-0.1, -0.05) is 6.07 Å². The Bertz CT molecular complexity index is 350. The van der Waals surface area contributed by atoms with Crippen LogP contribution in [-0.2, 0) is 11.2 Å². The lowest BCUT2D eigenvalue weighted by atomic mass is 10.1. The Balaban J connectivity index is 3.05. The second-order valence-corrected chi connectivity index (χ2v) is 3.77. The average molecular weight is 273 g/mol. The Morgan fingerprint density at radius 3 is 2.60 bits per heavy atom. The lowest BCUT2D eigenvalue weighted by molar-refractivity contribution is -0.107. The van der Waals surface area contributed by atoms with E-state index in [0.29, 0.717) is 24.3 Å². The van der Waals surface area contributed by atoms with E-state index in [4.69, 9.17) is 9.47 Å².